The van der Waals surface area contributed by atoms with Crippen LogP contribution in [0.15, 0.2) is 28.9 Å². The van der Waals surface area contributed by atoms with E-state index in [2.05, 4.69) is 5.32 Å². The van der Waals surface area contributed by atoms with Crippen LogP contribution in [0, 0.1) is 0 Å². The fourth-order valence-corrected chi connectivity index (χ4v) is 3.21. The Morgan fingerprint density at radius 1 is 1.72 bits per heavy atom. The fourth-order valence-electron chi connectivity index (χ4n) is 1.81. The first-order valence-corrected chi connectivity index (χ1v) is 7.02. The Balaban J connectivity index is 1.81. The molecule has 1 amide bonds. The van der Waals surface area contributed by atoms with Gasteiger partial charge in [-0.1, -0.05) is 0 Å². The standard InChI is InChI=1S/C13H17NO3S/c1-16-13(6-8-18-10-13)9-14-12(15)5-4-11-3-2-7-17-11/h2-5,7H,6,8-10H2,1H3,(H,14,15)/b5-4+/t13-/m0/s1. The second-order valence-electron chi connectivity index (χ2n) is 4.26. The van der Waals surface area contributed by atoms with Gasteiger partial charge in [0.15, 0.2) is 0 Å². The number of rotatable bonds is 5. The van der Waals surface area contributed by atoms with Gasteiger partial charge < -0.3 is 14.5 Å². The van der Waals surface area contributed by atoms with Gasteiger partial charge in [-0.25, -0.2) is 0 Å². The summed E-state index contributed by atoms with van der Waals surface area (Å²) in [6.07, 6.45) is 5.69. The van der Waals surface area contributed by atoms with Crippen molar-refractivity contribution in [3.05, 3.63) is 30.2 Å². The number of carbonyl (C=O) groups is 1. The molecule has 1 saturated heterocycles. The molecule has 2 rings (SSSR count). The van der Waals surface area contributed by atoms with Crippen LogP contribution in [-0.2, 0) is 9.53 Å². The number of methoxy groups -OCH3 is 1. The average molecular weight is 267 g/mol. The van der Waals surface area contributed by atoms with Crippen LogP contribution in [0.2, 0.25) is 0 Å². The van der Waals surface area contributed by atoms with Crippen molar-refractivity contribution in [2.75, 3.05) is 25.2 Å². The molecule has 0 unspecified atom stereocenters. The minimum atomic E-state index is -0.196. The third-order valence-corrected chi connectivity index (χ3v) is 4.25. The third-order valence-electron chi connectivity index (χ3n) is 3.03. The van der Waals surface area contributed by atoms with E-state index in [0.717, 1.165) is 17.9 Å². The monoisotopic (exact) mass is 267 g/mol. The normalized spacial score (nSPS) is 23.6. The third kappa shape index (κ3) is 3.40. The molecule has 1 aliphatic rings. The Morgan fingerprint density at radius 3 is 3.22 bits per heavy atom. The topological polar surface area (TPSA) is 51.5 Å². The molecule has 18 heavy (non-hydrogen) atoms. The number of ether oxygens (including phenoxy) is 1. The first kappa shape index (κ1) is 13.2. The van der Waals surface area contributed by atoms with E-state index in [1.807, 2.05) is 11.8 Å². The Morgan fingerprint density at radius 2 is 2.61 bits per heavy atom. The van der Waals surface area contributed by atoms with Crippen LogP contribution in [0.3, 0.4) is 0 Å². The van der Waals surface area contributed by atoms with Crippen LogP contribution in [-0.4, -0.2) is 36.7 Å². The summed E-state index contributed by atoms with van der Waals surface area (Å²) in [6, 6.07) is 3.58. The quantitative estimate of drug-likeness (QED) is 0.828. The maximum Gasteiger partial charge on any atom is 0.244 e. The van der Waals surface area contributed by atoms with Crippen LogP contribution in [0.1, 0.15) is 12.2 Å². The van der Waals surface area contributed by atoms with E-state index in [4.69, 9.17) is 9.15 Å². The molecular formula is C13H17NO3S. The van der Waals surface area contributed by atoms with Crippen molar-refractivity contribution in [1.82, 2.24) is 5.32 Å². The van der Waals surface area contributed by atoms with Gasteiger partial charge in [-0.2, -0.15) is 11.8 Å². The van der Waals surface area contributed by atoms with Crippen molar-refractivity contribution < 1.29 is 13.9 Å². The number of furan rings is 1. The van der Waals surface area contributed by atoms with Crippen molar-refractivity contribution in [1.29, 1.82) is 0 Å². The minimum Gasteiger partial charge on any atom is -0.465 e. The molecule has 2 heterocycles. The second-order valence-corrected chi connectivity index (χ2v) is 5.36. The molecule has 0 aromatic carbocycles. The summed E-state index contributed by atoms with van der Waals surface area (Å²) in [5, 5.41) is 2.87. The molecule has 1 fully saturated rings. The van der Waals surface area contributed by atoms with Gasteiger partial charge in [0.1, 0.15) is 5.76 Å². The summed E-state index contributed by atoms with van der Waals surface area (Å²) in [5.41, 5.74) is -0.196. The van der Waals surface area contributed by atoms with Gasteiger partial charge in [-0.3, -0.25) is 4.79 Å². The van der Waals surface area contributed by atoms with Crippen LogP contribution in [0.5, 0.6) is 0 Å². The Bertz CT molecular complexity index is 408. The molecule has 4 nitrogen and oxygen atoms in total. The Hall–Kier alpha value is -1.20. The highest BCUT2D eigenvalue weighted by Gasteiger charge is 2.34. The molecule has 0 radical (unpaired) electrons. The minimum absolute atomic E-state index is 0.125. The number of hydrogen-bond acceptors (Lipinski definition) is 4. The molecule has 1 aliphatic heterocycles. The zero-order valence-corrected chi connectivity index (χ0v) is 11.2. The fraction of sp³-hybridized carbons (Fsp3) is 0.462. The van der Waals surface area contributed by atoms with Crippen LogP contribution < -0.4 is 5.32 Å². The van der Waals surface area contributed by atoms with Gasteiger partial charge >= 0.3 is 0 Å². The number of carbonyl (C=O) groups excluding carboxylic acids is 1. The van der Waals surface area contributed by atoms with Crippen molar-refractivity contribution >= 4 is 23.7 Å². The second kappa shape index (κ2) is 6.11. The Labute approximate surface area is 111 Å². The van der Waals surface area contributed by atoms with E-state index in [-0.39, 0.29) is 11.5 Å². The molecule has 0 bridgehead atoms. The zero-order chi connectivity index (χ0) is 12.8. The molecule has 1 atom stereocenters. The van der Waals surface area contributed by atoms with Gasteiger partial charge in [0.05, 0.1) is 11.9 Å². The number of thioether (sulfide) groups is 1. The smallest absolute Gasteiger partial charge is 0.244 e. The molecule has 1 aromatic rings. The lowest BCUT2D eigenvalue weighted by molar-refractivity contribution is -0.117. The number of nitrogens with one attached hydrogen (secondary N) is 1. The van der Waals surface area contributed by atoms with Crippen molar-refractivity contribution in [3.63, 3.8) is 0 Å². The summed E-state index contributed by atoms with van der Waals surface area (Å²) < 4.78 is 10.6. The molecule has 1 N–H and O–H groups in total. The van der Waals surface area contributed by atoms with Gasteiger partial charge in [-0.05, 0) is 30.4 Å². The maximum atomic E-state index is 11.7. The first-order chi connectivity index (χ1) is 8.74. The zero-order valence-electron chi connectivity index (χ0n) is 10.3. The van der Waals surface area contributed by atoms with E-state index in [0.29, 0.717) is 12.3 Å². The first-order valence-electron chi connectivity index (χ1n) is 5.86. The summed E-state index contributed by atoms with van der Waals surface area (Å²) in [4.78, 5) is 11.7. The largest absolute Gasteiger partial charge is 0.465 e. The van der Waals surface area contributed by atoms with Gasteiger partial charge in [0, 0.05) is 25.5 Å². The molecule has 5 heteroatoms. The van der Waals surface area contributed by atoms with E-state index in [1.165, 1.54) is 6.08 Å². The molecule has 0 saturated carbocycles. The van der Waals surface area contributed by atoms with Crippen LogP contribution >= 0.6 is 11.8 Å². The Kier molecular flexibility index (Phi) is 4.49. The highest BCUT2D eigenvalue weighted by molar-refractivity contribution is 7.99. The van der Waals surface area contributed by atoms with Crippen molar-refractivity contribution in [2.45, 2.75) is 12.0 Å². The highest BCUT2D eigenvalue weighted by Crippen LogP contribution is 2.30. The molecule has 98 valence electrons. The van der Waals surface area contributed by atoms with Gasteiger partial charge in [0.2, 0.25) is 5.91 Å². The lowest BCUT2D eigenvalue weighted by Gasteiger charge is -2.26. The van der Waals surface area contributed by atoms with Crippen molar-refractivity contribution in [2.24, 2.45) is 0 Å². The molecular weight excluding hydrogens is 250 g/mol. The lowest BCUT2D eigenvalue weighted by Crippen LogP contribution is -2.44. The maximum absolute atomic E-state index is 11.7. The van der Waals surface area contributed by atoms with Gasteiger partial charge in [-0.15, -0.1) is 0 Å². The summed E-state index contributed by atoms with van der Waals surface area (Å²) in [7, 11) is 1.71. The predicted octanol–water partition coefficient (Wildman–Crippen LogP) is 1.93. The lowest BCUT2D eigenvalue weighted by atomic mass is 10.0. The van der Waals surface area contributed by atoms with E-state index < -0.39 is 0 Å². The summed E-state index contributed by atoms with van der Waals surface area (Å²) in [5.74, 6) is 2.57. The molecule has 0 aliphatic carbocycles. The molecule has 0 spiro atoms. The van der Waals surface area contributed by atoms with E-state index >= 15 is 0 Å². The highest BCUT2D eigenvalue weighted by atomic mass is 32.2. The number of amides is 1. The summed E-state index contributed by atoms with van der Waals surface area (Å²) >= 11 is 1.86. The van der Waals surface area contributed by atoms with Crippen LogP contribution in [0.4, 0.5) is 0 Å². The predicted molar refractivity (Wildman–Crippen MR) is 72.4 cm³/mol. The summed E-state index contributed by atoms with van der Waals surface area (Å²) in [6.45, 7) is 0.553. The van der Waals surface area contributed by atoms with Crippen LogP contribution in [0.25, 0.3) is 6.08 Å². The molecule has 1 aromatic heterocycles. The number of hydrogen-bond donors (Lipinski definition) is 1. The van der Waals surface area contributed by atoms with Crippen molar-refractivity contribution in [3.8, 4) is 0 Å². The van der Waals surface area contributed by atoms with Gasteiger partial charge in [0.25, 0.3) is 0 Å². The SMILES string of the molecule is CO[C@]1(CNC(=O)/C=C/c2ccco2)CCSC1. The average Bonchev–Trinajstić information content (AvgIpc) is 3.06. The van der Waals surface area contributed by atoms with E-state index in [1.54, 1.807) is 31.6 Å². The van der Waals surface area contributed by atoms with E-state index in [9.17, 15) is 4.79 Å².